The molecular formula is C17H24N2O3S. The number of sulfone groups is 1. The van der Waals surface area contributed by atoms with Crippen LogP contribution < -0.4 is 0 Å². The fourth-order valence-corrected chi connectivity index (χ4v) is 5.71. The lowest BCUT2D eigenvalue weighted by atomic mass is 9.98. The zero-order valence-corrected chi connectivity index (χ0v) is 14.7. The first kappa shape index (κ1) is 16.3. The molecule has 3 rings (SSSR count). The van der Waals surface area contributed by atoms with Crippen molar-refractivity contribution >= 4 is 15.9 Å². The van der Waals surface area contributed by atoms with Gasteiger partial charge >= 0.3 is 6.03 Å². The van der Waals surface area contributed by atoms with Crippen molar-refractivity contribution in [2.45, 2.75) is 56.1 Å². The molecule has 2 amide bonds. The molecule has 2 aliphatic heterocycles. The molecule has 0 aromatic heterocycles. The summed E-state index contributed by atoms with van der Waals surface area (Å²) in [4.78, 5) is 16.9. The van der Waals surface area contributed by atoms with Crippen LogP contribution >= 0.6 is 0 Å². The van der Waals surface area contributed by atoms with Crippen LogP contribution in [0.5, 0.6) is 0 Å². The van der Waals surface area contributed by atoms with Gasteiger partial charge in [-0.15, -0.1) is 0 Å². The largest absolute Gasteiger partial charge is 0.320 e. The van der Waals surface area contributed by atoms with Crippen molar-refractivity contribution in [1.82, 2.24) is 9.80 Å². The Morgan fingerprint density at radius 1 is 1.17 bits per heavy atom. The van der Waals surface area contributed by atoms with Gasteiger partial charge in [0, 0.05) is 19.1 Å². The van der Waals surface area contributed by atoms with Gasteiger partial charge in [0.15, 0.2) is 9.84 Å². The summed E-state index contributed by atoms with van der Waals surface area (Å²) in [5.74, 6) is -0.0226. The summed E-state index contributed by atoms with van der Waals surface area (Å²) in [6.07, 6.45) is 3.14. The maximum atomic E-state index is 13.0. The Labute approximate surface area is 138 Å². The summed E-state index contributed by atoms with van der Waals surface area (Å²) in [5.41, 5.74) is 0.737. The first-order valence-electron chi connectivity index (χ1n) is 8.19. The summed E-state index contributed by atoms with van der Waals surface area (Å²) in [7, 11) is -1.58. The van der Waals surface area contributed by atoms with Crippen LogP contribution in [0.3, 0.4) is 0 Å². The maximum absolute atomic E-state index is 13.0. The Balaban J connectivity index is 1.89. The first-order chi connectivity index (χ1) is 10.8. The summed E-state index contributed by atoms with van der Waals surface area (Å²) in [6, 6.07) is 6.94. The molecule has 6 heteroatoms. The van der Waals surface area contributed by atoms with E-state index >= 15 is 0 Å². The van der Waals surface area contributed by atoms with E-state index in [9.17, 15) is 13.2 Å². The molecule has 1 aromatic carbocycles. The number of benzene rings is 1. The van der Waals surface area contributed by atoms with Crippen LogP contribution in [-0.4, -0.2) is 49.1 Å². The molecule has 3 atom stereocenters. The molecule has 2 aliphatic rings. The van der Waals surface area contributed by atoms with E-state index in [-0.39, 0.29) is 23.9 Å². The van der Waals surface area contributed by atoms with Crippen LogP contribution in [0, 0.1) is 0 Å². The van der Waals surface area contributed by atoms with Crippen LogP contribution in [0.1, 0.15) is 44.7 Å². The summed E-state index contributed by atoms with van der Waals surface area (Å²) >= 11 is 0. The highest BCUT2D eigenvalue weighted by atomic mass is 32.2. The SMILES string of the molecule is C[C@@H]1CCC[C@H](C)N1C(=O)N(C)[C@@H]1CS(=O)(=O)c2ccccc21. The number of likely N-dealkylation sites (tertiary alicyclic amines) is 1. The van der Waals surface area contributed by atoms with E-state index in [1.807, 2.05) is 17.0 Å². The quantitative estimate of drug-likeness (QED) is 0.792. The molecule has 1 saturated heterocycles. The van der Waals surface area contributed by atoms with Gasteiger partial charge in [-0.05, 0) is 44.7 Å². The lowest BCUT2D eigenvalue weighted by Crippen LogP contribution is -2.53. The molecule has 0 aliphatic carbocycles. The summed E-state index contributed by atoms with van der Waals surface area (Å²) in [5, 5.41) is 0. The lowest BCUT2D eigenvalue weighted by Gasteiger charge is -2.42. The molecule has 0 N–H and O–H groups in total. The van der Waals surface area contributed by atoms with E-state index in [0.29, 0.717) is 4.90 Å². The maximum Gasteiger partial charge on any atom is 0.320 e. The number of fused-ring (bicyclic) bond motifs is 1. The minimum absolute atomic E-state index is 0.0226. The van der Waals surface area contributed by atoms with Crippen molar-refractivity contribution in [2.75, 3.05) is 12.8 Å². The van der Waals surface area contributed by atoms with Crippen molar-refractivity contribution in [2.24, 2.45) is 0 Å². The molecule has 1 fully saturated rings. The molecule has 0 bridgehead atoms. The number of rotatable bonds is 1. The van der Waals surface area contributed by atoms with Gasteiger partial charge in [0.2, 0.25) is 0 Å². The highest BCUT2D eigenvalue weighted by Crippen LogP contribution is 2.37. The number of hydrogen-bond acceptors (Lipinski definition) is 3. The van der Waals surface area contributed by atoms with Gasteiger partial charge in [0.25, 0.3) is 0 Å². The monoisotopic (exact) mass is 336 g/mol. The van der Waals surface area contributed by atoms with Gasteiger partial charge in [0.1, 0.15) is 0 Å². The molecule has 0 radical (unpaired) electrons. The minimum Gasteiger partial charge on any atom is -0.320 e. The van der Waals surface area contributed by atoms with Crippen LogP contribution in [0.25, 0.3) is 0 Å². The predicted molar refractivity (Wildman–Crippen MR) is 89.0 cm³/mol. The van der Waals surface area contributed by atoms with E-state index < -0.39 is 15.9 Å². The highest BCUT2D eigenvalue weighted by molar-refractivity contribution is 7.91. The van der Waals surface area contributed by atoms with Crippen LogP contribution in [0.4, 0.5) is 4.79 Å². The molecule has 23 heavy (non-hydrogen) atoms. The summed E-state index contributed by atoms with van der Waals surface area (Å²) in [6.45, 7) is 4.14. The molecule has 0 unspecified atom stereocenters. The molecule has 5 nitrogen and oxygen atoms in total. The fourth-order valence-electron chi connectivity index (χ4n) is 3.86. The average molecular weight is 336 g/mol. The van der Waals surface area contributed by atoms with E-state index in [4.69, 9.17) is 0 Å². The normalized spacial score (nSPS) is 29.2. The Morgan fingerprint density at radius 2 is 1.78 bits per heavy atom. The van der Waals surface area contributed by atoms with Crippen molar-refractivity contribution in [3.05, 3.63) is 29.8 Å². The Morgan fingerprint density at radius 3 is 2.43 bits per heavy atom. The van der Waals surface area contributed by atoms with Crippen molar-refractivity contribution in [1.29, 1.82) is 0 Å². The number of carbonyl (C=O) groups is 1. The first-order valence-corrected chi connectivity index (χ1v) is 9.85. The van der Waals surface area contributed by atoms with Gasteiger partial charge in [0.05, 0.1) is 16.7 Å². The van der Waals surface area contributed by atoms with Crippen molar-refractivity contribution < 1.29 is 13.2 Å². The highest BCUT2D eigenvalue weighted by Gasteiger charge is 2.41. The Kier molecular flexibility index (Phi) is 4.12. The van der Waals surface area contributed by atoms with E-state index in [2.05, 4.69) is 13.8 Å². The molecule has 126 valence electrons. The number of hydrogen-bond donors (Lipinski definition) is 0. The topological polar surface area (TPSA) is 57.7 Å². The van der Waals surface area contributed by atoms with Crippen molar-refractivity contribution in [3.63, 3.8) is 0 Å². The third-order valence-corrected chi connectivity index (χ3v) is 6.97. The van der Waals surface area contributed by atoms with Crippen LogP contribution in [0.2, 0.25) is 0 Å². The van der Waals surface area contributed by atoms with Gasteiger partial charge in [-0.3, -0.25) is 0 Å². The van der Waals surface area contributed by atoms with Gasteiger partial charge in [-0.25, -0.2) is 13.2 Å². The average Bonchev–Trinajstić information content (AvgIpc) is 2.78. The molecule has 0 saturated carbocycles. The zero-order valence-electron chi connectivity index (χ0n) is 13.9. The number of piperidine rings is 1. The lowest BCUT2D eigenvalue weighted by molar-refractivity contribution is 0.0906. The number of urea groups is 1. The predicted octanol–water partition coefficient (Wildman–Crippen LogP) is 2.83. The number of amides is 2. The van der Waals surface area contributed by atoms with Gasteiger partial charge in [-0.2, -0.15) is 0 Å². The summed E-state index contributed by atoms with van der Waals surface area (Å²) < 4.78 is 24.7. The second-order valence-electron chi connectivity index (χ2n) is 6.76. The molecule has 2 heterocycles. The smallest absolute Gasteiger partial charge is 0.320 e. The second kappa shape index (κ2) is 5.82. The molecular weight excluding hydrogens is 312 g/mol. The van der Waals surface area contributed by atoms with Gasteiger partial charge in [-0.1, -0.05) is 18.2 Å². The molecule has 1 aromatic rings. The molecule has 0 spiro atoms. The van der Waals surface area contributed by atoms with Crippen LogP contribution in [-0.2, 0) is 9.84 Å². The van der Waals surface area contributed by atoms with Gasteiger partial charge < -0.3 is 9.80 Å². The Hall–Kier alpha value is -1.56. The van der Waals surface area contributed by atoms with E-state index in [0.717, 1.165) is 24.8 Å². The standard InChI is InChI=1S/C17H24N2O3S/c1-12-7-6-8-13(2)19(12)17(20)18(3)15-11-23(21,22)16-10-5-4-9-14(15)16/h4-5,9-10,12-13,15H,6-8,11H2,1-3H3/t12-,13+,15-/m1/s1. The second-order valence-corrected chi connectivity index (χ2v) is 8.77. The van der Waals surface area contributed by atoms with E-state index in [1.54, 1.807) is 24.1 Å². The van der Waals surface area contributed by atoms with E-state index in [1.165, 1.54) is 0 Å². The minimum atomic E-state index is -3.30. The fraction of sp³-hybridized carbons (Fsp3) is 0.588. The third-order valence-electron chi connectivity index (χ3n) is 5.17. The van der Waals surface area contributed by atoms with Crippen LogP contribution in [0.15, 0.2) is 29.2 Å². The zero-order chi connectivity index (χ0) is 16.8. The number of nitrogens with zero attached hydrogens (tertiary/aromatic N) is 2. The number of carbonyl (C=O) groups excluding carboxylic acids is 1. The Bertz CT molecular complexity index is 706. The third kappa shape index (κ3) is 2.73. The van der Waals surface area contributed by atoms with Crippen molar-refractivity contribution in [3.8, 4) is 0 Å².